The number of carbonyl (C=O) groups excluding carboxylic acids is 2. The van der Waals surface area contributed by atoms with Crippen molar-refractivity contribution in [3.63, 3.8) is 0 Å². The molecular formula is C22H24N2O3. The van der Waals surface area contributed by atoms with Gasteiger partial charge in [0.1, 0.15) is 0 Å². The van der Waals surface area contributed by atoms with E-state index >= 15 is 0 Å². The third kappa shape index (κ3) is 3.82. The molecule has 0 spiro atoms. The van der Waals surface area contributed by atoms with E-state index in [0.717, 1.165) is 0 Å². The van der Waals surface area contributed by atoms with Crippen molar-refractivity contribution in [2.45, 2.75) is 39.0 Å². The van der Waals surface area contributed by atoms with E-state index in [9.17, 15) is 9.59 Å². The molecule has 1 unspecified atom stereocenters. The number of benzene rings is 2. The minimum Gasteiger partial charge on any atom is -0.479 e. The number of ether oxygens (including phenoxy) is 1. The Morgan fingerprint density at radius 3 is 2.78 bits per heavy atom. The van der Waals surface area contributed by atoms with Crippen LogP contribution in [0.25, 0.3) is 0 Å². The van der Waals surface area contributed by atoms with Gasteiger partial charge >= 0.3 is 0 Å². The lowest BCUT2D eigenvalue weighted by atomic mass is 9.89. The molecule has 2 aromatic rings. The summed E-state index contributed by atoms with van der Waals surface area (Å²) in [5.74, 6) is 1.13. The van der Waals surface area contributed by atoms with Crippen LogP contribution in [0.2, 0.25) is 0 Å². The summed E-state index contributed by atoms with van der Waals surface area (Å²) < 4.78 is 5.52. The molecule has 0 saturated heterocycles. The van der Waals surface area contributed by atoms with E-state index < -0.39 is 0 Å². The molecule has 4 rings (SSSR count). The van der Waals surface area contributed by atoms with Crippen LogP contribution < -0.4 is 15.4 Å². The Bertz CT molecular complexity index is 902. The smallest absolute Gasteiger partial charge is 0.262 e. The van der Waals surface area contributed by atoms with Gasteiger partial charge in [-0.05, 0) is 67.3 Å². The van der Waals surface area contributed by atoms with Crippen LogP contribution in [0.1, 0.15) is 41.9 Å². The quantitative estimate of drug-likeness (QED) is 0.837. The molecule has 140 valence electrons. The van der Waals surface area contributed by atoms with E-state index in [1.165, 1.54) is 29.5 Å². The first-order valence-corrected chi connectivity index (χ1v) is 9.44. The fraction of sp³-hybridized carbons (Fsp3) is 0.364. The van der Waals surface area contributed by atoms with Gasteiger partial charge in [-0.15, -0.1) is 0 Å². The van der Waals surface area contributed by atoms with E-state index in [2.05, 4.69) is 42.7 Å². The molecule has 0 aromatic heterocycles. The predicted molar refractivity (Wildman–Crippen MR) is 105 cm³/mol. The Labute approximate surface area is 159 Å². The predicted octanol–water partition coefficient (Wildman–Crippen LogP) is 4.16. The number of hydrogen-bond acceptors (Lipinski definition) is 3. The zero-order chi connectivity index (χ0) is 19.0. The number of carbonyl (C=O) groups is 2. The summed E-state index contributed by atoms with van der Waals surface area (Å²) in [6.45, 7) is 4.19. The van der Waals surface area contributed by atoms with Gasteiger partial charge in [-0.2, -0.15) is 0 Å². The lowest BCUT2D eigenvalue weighted by molar-refractivity contribution is -0.118. The average Bonchev–Trinajstić information content (AvgIpc) is 3.47. The van der Waals surface area contributed by atoms with Crippen molar-refractivity contribution < 1.29 is 14.3 Å². The van der Waals surface area contributed by atoms with Gasteiger partial charge in [-0.3, -0.25) is 9.59 Å². The highest BCUT2D eigenvalue weighted by Crippen LogP contribution is 2.45. The van der Waals surface area contributed by atoms with E-state index in [1.807, 2.05) is 0 Å². The van der Waals surface area contributed by atoms with Crippen LogP contribution in [-0.4, -0.2) is 18.4 Å². The zero-order valence-corrected chi connectivity index (χ0v) is 15.7. The fourth-order valence-corrected chi connectivity index (χ4v) is 3.66. The van der Waals surface area contributed by atoms with Gasteiger partial charge in [0.15, 0.2) is 12.4 Å². The number of rotatable bonds is 5. The molecule has 27 heavy (non-hydrogen) atoms. The molecule has 0 bridgehead atoms. The topological polar surface area (TPSA) is 67.4 Å². The minimum atomic E-state index is -0.186. The normalized spacial score (nSPS) is 16.7. The Balaban J connectivity index is 1.50. The summed E-state index contributed by atoms with van der Waals surface area (Å²) in [6.07, 6.45) is 2.81. The van der Waals surface area contributed by atoms with Crippen molar-refractivity contribution in [2.75, 3.05) is 17.2 Å². The maximum absolute atomic E-state index is 12.8. The van der Waals surface area contributed by atoms with Crippen molar-refractivity contribution in [2.24, 2.45) is 5.92 Å². The van der Waals surface area contributed by atoms with Crippen LogP contribution >= 0.6 is 0 Å². The summed E-state index contributed by atoms with van der Waals surface area (Å²) >= 11 is 0. The number of anilines is 2. The molecule has 1 atom stereocenters. The van der Waals surface area contributed by atoms with Crippen LogP contribution in [0.4, 0.5) is 11.4 Å². The third-order valence-electron chi connectivity index (χ3n) is 5.47. The lowest BCUT2D eigenvalue weighted by Crippen LogP contribution is -2.26. The van der Waals surface area contributed by atoms with Crippen LogP contribution in [0, 0.1) is 19.8 Å². The molecular weight excluding hydrogens is 340 g/mol. The van der Waals surface area contributed by atoms with Gasteiger partial charge in [0.2, 0.25) is 5.91 Å². The molecule has 0 radical (unpaired) electrons. The SMILES string of the molecule is Cc1ccc(C(CC(=O)Nc2cccc3c2OCC(=O)N3)C2CC2)cc1C. The highest BCUT2D eigenvalue weighted by molar-refractivity contribution is 6.00. The summed E-state index contributed by atoms with van der Waals surface area (Å²) in [7, 11) is 0. The Hall–Kier alpha value is -2.82. The van der Waals surface area contributed by atoms with E-state index in [1.54, 1.807) is 18.2 Å². The Morgan fingerprint density at radius 2 is 2.04 bits per heavy atom. The highest BCUT2D eigenvalue weighted by atomic mass is 16.5. The summed E-state index contributed by atoms with van der Waals surface area (Å²) in [4.78, 5) is 24.2. The van der Waals surface area contributed by atoms with Gasteiger partial charge in [-0.1, -0.05) is 24.3 Å². The Morgan fingerprint density at radius 1 is 1.22 bits per heavy atom. The first-order chi connectivity index (χ1) is 13.0. The first kappa shape index (κ1) is 17.6. The molecule has 2 N–H and O–H groups in total. The fourth-order valence-electron chi connectivity index (χ4n) is 3.66. The van der Waals surface area contributed by atoms with Gasteiger partial charge in [0, 0.05) is 6.42 Å². The molecule has 1 heterocycles. The first-order valence-electron chi connectivity index (χ1n) is 9.44. The van der Waals surface area contributed by atoms with Crippen LogP contribution in [-0.2, 0) is 9.59 Å². The van der Waals surface area contributed by atoms with Crippen molar-refractivity contribution in [3.05, 3.63) is 53.1 Å². The lowest BCUT2D eigenvalue weighted by Gasteiger charge is -2.22. The molecule has 1 aliphatic heterocycles. The molecule has 5 heteroatoms. The molecule has 5 nitrogen and oxygen atoms in total. The summed E-state index contributed by atoms with van der Waals surface area (Å²) in [6, 6.07) is 11.9. The van der Waals surface area contributed by atoms with Crippen molar-refractivity contribution in [3.8, 4) is 5.75 Å². The molecule has 1 saturated carbocycles. The standard InChI is InChI=1S/C22H24N2O3/c1-13-6-7-16(10-14(13)2)17(15-8-9-15)11-20(25)23-18-4-3-5-19-22(18)27-12-21(26)24-19/h3-7,10,15,17H,8-9,11-12H2,1-2H3,(H,23,25)(H,24,26). The van der Waals surface area contributed by atoms with Gasteiger partial charge in [0.25, 0.3) is 5.91 Å². The number of aryl methyl sites for hydroxylation is 2. The second kappa shape index (κ2) is 7.06. The maximum atomic E-state index is 12.8. The van der Waals surface area contributed by atoms with Gasteiger partial charge in [0.05, 0.1) is 11.4 Å². The Kier molecular flexibility index (Phi) is 4.60. The van der Waals surface area contributed by atoms with Crippen molar-refractivity contribution >= 4 is 23.2 Å². The maximum Gasteiger partial charge on any atom is 0.262 e. The number of fused-ring (bicyclic) bond motifs is 1. The van der Waals surface area contributed by atoms with E-state index in [-0.39, 0.29) is 24.3 Å². The molecule has 1 aliphatic carbocycles. The number of nitrogens with one attached hydrogen (secondary N) is 2. The van der Waals surface area contributed by atoms with Gasteiger partial charge < -0.3 is 15.4 Å². The second-order valence-corrected chi connectivity index (χ2v) is 7.56. The summed E-state index contributed by atoms with van der Waals surface area (Å²) in [5, 5.41) is 5.74. The van der Waals surface area contributed by atoms with Crippen LogP contribution in [0.15, 0.2) is 36.4 Å². The molecule has 1 fully saturated rings. The minimum absolute atomic E-state index is 0.0287. The average molecular weight is 364 g/mol. The van der Waals surface area contributed by atoms with E-state index in [0.29, 0.717) is 29.5 Å². The second-order valence-electron chi connectivity index (χ2n) is 7.56. The van der Waals surface area contributed by atoms with E-state index in [4.69, 9.17) is 4.74 Å². The zero-order valence-electron chi connectivity index (χ0n) is 15.7. The van der Waals surface area contributed by atoms with Crippen molar-refractivity contribution in [1.29, 1.82) is 0 Å². The third-order valence-corrected chi connectivity index (χ3v) is 5.47. The number of hydrogen-bond donors (Lipinski definition) is 2. The number of para-hydroxylation sites is 1. The highest BCUT2D eigenvalue weighted by Gasteiger charge is 2.34. The number of amides is 2. The summed E-state index contributed by atoms with van der Waals surface area (Å²) in [5.41, 5.74) is 4.98. The largest absolute Gasteiger partial charge is 0.479 e. The van der Waals surface area contributed by atoms with Crippen molar-refractivity contribution in [1.82, 2.24) is 0 Å². The van der Waals surface area contributed by atoms with Crippen LogP contribution in [0.3, 0.4) is 0 Å². The van der Waals surface area contributed by atoms with Gasteiger partial charge in [-0.25, -0.2) is 0 Å². The molecule has 2 amide bonds. The molecule has 2 aromatic carbocycles. The monoisotopic (exact) mass is 364 g/mol. The van der Waals surface area contributed by atoms with Crippen LogP contribution in [0.5, 0.6) is 5.75 Å². The molecule has 2 aliphatic rings.